The molecule has 0 aliphatic rings. The Morgan fingerprint density at radius 2 is 1.81 bits per heavy atom. The zero-order chi connectivity index (χ0) is 19.2. The molecule has 0 heterocycles. The number of nitrogens with one attached hydrogen (secondary N) is 2. The van der Waals surface area contributed by atoms with E-state index in [2.05, 4.69) is 10.4 Å². The number of ether oxygens (including phenoxy) is 1. The van der Waals surface area contributed by atoms with Crippen LogP contribution in [0.15, 0.2) is 53.6 Å². The van der Waals surface area contributed by atoms with Gasteiger partial charge in [0.05, 0.1) is 18.9 Å². The Labute approximate surface area is 146 Å². The molecule has 2 aromatic rings. The molecule has 2 amide bonds. The van der Waals surface area contributed by atoms with Crippen LogP contribution in [0.5, 0.6) is 5.75 Å². The lowest BCUT2D eigenvalue weighted by Crippen LogP contribution is -2.32. The lowest BCUT2D eigenvalue weighted by Gasteiger charge is -2.09. The summed E-state index contributed by atoms with van der Waals surface area (Å²) in [7, 11) is 1.45. The highest BCUT2D eigenvalue weighted by Crippen LogP contribution is 2.31. The van der Waals surface area contributed by atoms with Gasteiger partial charge in [0.1, 0.15) is 5.75 Å². The van der Waals surface area contributed by atoms with Gasteiger partial charge in [-0.2, -0.15) is 18.3 Å². The van der Waals surface area contributed by atoms with Crippen LogP contribution >= 0.6 is 0 Å². The summed E-state index contributed by atoms with van der Waals surface area (Å²) >= 11 is 0. The van der Waals surface area contributed by atoms with E-state index in [1.54, 1.807) is 12.1 Å². The monoisotopic (exact) mass is 365 g/mol. The van der Waals surface area contributed by atoms with E-state index in [9.17, 15) is 22.8 Å². The molecule has 0 unspecified atom stereocenters. The van der Waals surface area contributed by atoms with Crippen molar-refractivity contribution in [3.05, 3.63) is 59.7 Å². The number of hydrazone groups is 1. The Morgan fingerprint density at radius 1 is 1.08 bits per heavy atom. The van der Waals surface area contributed by atoms with E-state index in [4.69, 9.17) is 4.74 Å². The summed E-state index contributed by atoms with van der Waals surface area (Å²) in [6.07, 6.45) is -3.74. The molecule has 0 aliphatic heterocycles. The quantitative estimate of drug-likeness (QED) is 0.497. The van der Waals surface area contributed by atoms with E-state index in [-0.39, 0.29) is 5.56 Å². The number of carbonyl (C=O) groups excluding carboxylic acids is 2. The minimum Gasteiger partial charge on any atom is -0.497 e. The SMILES string of the molecule is COc1cccc(NC(=O)C(=O)N/N=C/c2ccccc2C(F)(F)F)c1. The molecule has 0 atom stereocenters. The van der Waals surface area contributed by atoms with Crippen molar-refractivity contribution in [2.75, 3.05) is 12.4 Å². The number of amides is 2. The van der Waals surface area contributed by atoms with Crippen LogP contribution in [-0.4, -0.2) is 25.1 Å². The lowest BCUT2D eigenvalue weighted by molar-refractivity contribution is -0.137. The van der Waals surface area contributed by atoms with E-state index in [1.165, 1.54) is 37.4 Å². The molecule has 136 valence electrons. The number of hydrogen-bond donors (Lipinski definition) is 2. The number of methoxy groups -OCH3 is 1. The largest absolute Gasteiger partial charge is 0.497 e. The number of nitrogens with zero attached hydrogens (tertiary/aromatic N) is 1. The van der Waals surface area contributed by atoms with Crippen molar-refractivity contribution in [1.29, 1.82) is 0 Å². The first-order chi connectivity index (χ1) is 12.3. The second kappa shape index (κ2) is 8.15. The molecule has 9 heteroatoms. The highest BCUT2D eigenvalue weighted by atomic mass is 19.4. The van der Waals surface area contributed by atoms with E-state index in [0.29, 0.717) is 11.4 Å². The molecule has 6 nitrogen and oxygen atoms in total. The van der Waals surface area contributed by atoms with Crippen molar-refractivity contribution in [3.8, 4) is 5.75 Å². The summed E-state index contributed by atoms with van der Waals surface area (Å²) in [5.41, 5.74) is 1.05. The standard InChI is InChI=1S/C17H14F3N3O3/c1-26-13-7-4-6-12(9-13)22-15(24)16(25)23-21-10-11-5-2-3-8-14(11)17(18,19)20/h2-10H,1H3,(H,22,24)(H,23,25)/b21-10+. The van der Waals surface area contributed by atoms with Gasteiger partial charge in [-0.15, -0.1) is 0 Å². The first-order valence-corrected chi connectivity index (χ1v) is 7.26. The summed E-state index contributed by atoms with van der Waals surface area (Å²) in [5, 5.41) is 5.72. The Kier molecular flexibility index (Phi) is 5.94. The topological polar surface area (TPSA) is 79.8 Å². The van der Waals surface area contributed by atoms with Gasteiger partial charge in [0.25, 0.3) is 0 Å². The zero-order valence-corrected chi connectivity index (χ0v) is 13.5. The van der Waals surface area contributed by atoms with E-state index >= 15 is 0 Å². The summed E-state index contributed by atoms with van der Waals surface area (Å²) < 4.78 is 43.5. The number of halogens is 3. The van der Waals surface area contributed by atoms with Crippen LogP contribution in [-0.2, 0) is 15.8 Å². The van der Waals surface area contributed by atoms with E-state index in [0.717, 1.165) is 12.3 Å². The van der Waals surface area contributed by atoms with Gasteiger partial charge in [-0.05, 0) is 18.2 Å². The lowest BCUT2D eigenvalue weighted by atomic mass is 10.1. The molecule has 0 aromatic heterocycles. The van der Waals surface area contributed by atoms with Crippen molar-refractivity contribution < 1.29 is 27.5 Å². The Bertz CT molecular complexity index is 835. The van der Waals surface area contributed by atoms with Crippen molar-refractivity contribution in [2.45, 2.75) is 6.18 Å². The normalized spacial score (nSPS) is 11.2. The second-order valence-corrected chi connectivity index (χ2v) is 4.97. The molecule has 0 fully saturated rings. The van der Waals surface area contributed by atoms with Crippen LogP contribution in [0.3, 0.4) is 0 Å². The summed E-state index contributed by atoms with van der Waals surface area (Å²) in [4.78, 5) is 23.4. The van der Waals surface area contributed by atoms with E-state index in [1.807, 2.05) is 5.43 Å². The van der Waals surface area contributed by atoms with Crippen LogP contribution in [0.1, 0.15) is 11.1 Å². The molecular formula is C17H14F3N3O3. The van der Waals surface area contributed by atoms with Gasteiger partial charge in [0.2, 0.25) is 0 Å². The predicted octanol–water partition coefficient (Wildman–Crippen LogP) is 2.80. The minimum absolute atomic E-state index is 0.242. The van der Waals surface area contributed by atoms with Gasteiger partial charge in [-0.25, -0.2) is 5.43 Å². The minimum atomic E-state index is -4.56. The van der Waals surface area contributed by atoms with Crippen LogP contribution in [0.2, 0.25) is 0 Å². The second-order valence-electron chi connectivity index (χ2n) is 4.97. The number of alkyl halides is 3. The smallest absolute Gasteiger partial charge is 0.417 e. The average Bonchev–Trinajstić information content (AvgIpc) is 2.61. The fourth-order valence-corrected chi connectivity index (χ4v) is 1.97. The molecule has 26 heavy (non-hydrogen) atoms. The number of anilines is 1. The van der Waals surface area contributed by atoms with Gasteiger partial charge in [-0.3, -0.25) is 9.59 Å². The highest BCUT2D eigenvalue weighted by Gasteiger charge is 2.32. The Balaban J connectivity index is 2.00. The van der Waals surface area contributed by atoms with Gasteiger partial charge in [-0.1, -0.05) is 24.3 Å². The number of hydrogen-bond acceptors (Lipinski definition) is 4. The zero-order valence-electron chi connectivity index (χ0n) is 13.5. The van der Waals surface area contributed by atoms with Gasteiger partial charge < -0.3 is 10.1 Å². The van der Waals surface area contributed by atoms with Crippen molar-refractivity contribution in [2.24, 2.45) is 5.10 Å². The van der Waals surface area contributed by atoms with Gasteiger partial charge >= 0.3 is 18.0 Å². The van der Waals surface area contributed by atoms with Crippen LogP contribution < -0.4 is 15.5 Å². The molecule has 0 bridgehead atoms. The summed E-state index contributed by atoms with van der Waals surface area (Å²) in [5.74, 6) is -1.68. The summed E-state index contributed by atoms with van der Waals surface area (Å²) in [6.45, 7) is 0. The molecule has 2 N–H and O–H groups in total. The molecule has 0 saturated carbocycles. The fraction of sp³-hybridized carbons (Fsp3) is 0.118. The van der Waals surface area contributed by atoms with Gasteiger partial charge in [0.15, 0.2) is 0 Å². The Hall–Kier alpha value is -3.36. The molecular weight excluding hydrogens is 351 g/mol. The molecule has 0 radical (unpaired) electrons. The molecule has 2 rings (SSSR count). The first kappa shape index (κ1) is 19.0. The maximum atomic E-state index is 12.8. The third kappa shape index (κ3) is 5.07. The van der Waals surface area contributed by atoms with Crippen molar-refractivity contribution >= 4 is 23.7 Å². The van der Waals surface area contributed by atoms with Gasteiger partial charge in [0, 0.05) is 17.3 Å². The summed E-state index contributed by atoms with van der Waals surface area (Å²) in [6, 6.07) is 11.0. The molecule has 0 aliphatic carbocycles. The van der Waals surface area contributed by atoms with Crippen LogP contribution in [0, 0.1) is 0 Å². The average molecular weight is 365 g/mol. The van der Waals surface area contributed by atoms with Crippen LogP contribution in [0.25, 0.3) is 0 Å². The third-order valence-electron chi connectivity index (χ3n) is 3.17. The predicted molar refractivity (Wildman–Crippen MR) is 88.8 cm³/mol. The van der Waals surface area contributed by atoms with E-state index < -0.39 is 23.6 Å². The molecule has 0 saturated heterocycles. The Morgan fingerprint density at radius 3 is 2.50 bits per heavy atom. The van der Waals surface area contributed by atoms with Crippen LogP contribution in [0.4, 0.5) is 18.9 Å². The molecule has 2 aromatic carbocycles. The number of rotatable bonds is 4. The highest BCUT2D eigenvalue weighted by molar-refractivity contribution is 6.39. The third-order valence-corrected chi connectivity index (χ3v) is 3.17. The number of carbonyl (C=O) groups is 2. The number of benzene rings is 2. The maximum Gasteiger partial charge on any atom is 0.417 e. The van der Waals surface area contributed by atoms with Crippen molar-refractivity contribution in [1.82, 2.24) is 5.43 Å². The van der Waals surface area contributed by atoms with Crippen molar-refractivity contribution in [3.63, 3.8) is 0 Å². The first-order valence-electron chi connectivity index (χ1n) is 7.26. The fourth-order valence-electron chi connectivity index (χ4n) is 1.97. The molecule has 0 spiro atoms. The maximum absolute atomic E-state index is 12.8.